The molecule has 4 heteroatoms. The van der Waals surface area contributed by atoms with Gasteiger partial charge < -0.3 is 10.2 Å². The van der Waals surface area contributed by atoms with E-state index in [1.54, 1.807) is 0 Å². The molecule has 0 radical (unpaired) electrons. The first-order chi connectivity index (χ1) is 9.00. The van der Waals surface area contributed by atoms with Gasteiger partial charge >= 0.3 is 5.97 Å². The summed E-state index contributed by atoms with van der Waals surface area (Å²) in [4.78, 5) is 13.6. The Bertz CT molecular complexity index is 319. The fraction of sp³-hybridized carbons (Fsp3) is 0.933. The van der Waals surface area contributed by atoms with Crippen molar-refractivity contribution in [2.24, 2.45) is 11.8 Å². The topological polar surface area (TPSA) is 60.8 Å². The van der Waals surface area contributed by atoms with Crippen LogP contribution in [0.1, 0.15) is 52.4 Å². The van der Waals surface area contributed by atoms with E-state index >= 15 is 0 Å². The number of hydrogen-bond acceptors (Lipinski definition) is 3. The van der Waals surface area contributed by atoms with Crippen LogP contribution in [0.4, 0.5) is 0 Å². The molecule has 2 fully saturated rings. The van der Waals surface area contributed by atoms with E-state index in [1.807, 2.05) is 13.8 Å². The van der Waals surface area contributed by atoms with E-state index in [0.29, 0.717) is 18.5 Å². The molecule has 0 amide bonds. The molecule has 0 bridgehead atoms. The molecule has 1 saturated carbocycles. The lowest BCUT2D eigenvalue weighted by Gasteiger charge is -2.48. The second-order valence-electron chi connectivity index (χ2n) is 6.55. The van der Waals surface area contributed by atoms with Gasteiger partial charge in [0.05, 0.1) is 6.10 Å². The lowest BCUT2D eigenvalue weighted by molar-refractivity contribution is -0.149. The normalized spacial score (nSPS) is 34.0. The number of carboxylic acid groups (broad SMARTS) is 1. The van der Waals surface area contributed by atoms with Gasteiger partial charge in [0.15, 0.2) is 0 Å². The van der Waals surface area contributed by atoms with Crippen molar-refractivity contribution < 1.29 is 15.0 Å². The number of β-amino-alcohol motifs (C(OH)–C–C–N with tert-alkyl or cyclic N) is 1. The van der Waals surface area contributed by atoms with Crippen LogP contribution in [0.2, 0.25) is 0 Å². The van der Waals surface area contributed by atoms with E-state index in [0.717, 1.165) is 19.3 Å². The maximum atomic E-state index is 11.5. The van der Waals surface area contributed by atoms with Crippen molar-refractivity contribution >= 4 is 5.97 Å². The number of carboxylic acids is 1. The van der Waals surface area contributed by atoms with Crippen molar-refractivity contribution in [3.8, 4) is 0 Å². The summed E-state index contributed by atoms with van der Waals surface area (Å²) in [6, 6.07) is -0.0234. The maximum Gasteiger partial charge on any atom is 0.320 e. The molecule has 0 aromatic rings. The van der Waals surface area contributed by atoms with Crippen LogP contribution in [0.25, 0.3) is 0 Å². The van der Waals surface area contributed by atoms with Gasteiger partial charge in [0.1, 0.15) is 6.04 Å². The Morgan fingerprint density at radius 3 is 2.53 bits per heavy atom. The number of nitrogens with zero attached hydrogens (tertiary/aromatic N) is 1. The molecule has 0 aromatic heterocycles. The molecule has 19 heavy (non-hydrogen) atoms. The summed E-state index contributed by atoms with van der Waals surface area (Å²) >= 11 is 0. The highest BCUT2D eigenvalue weighted by Crippen LogP contribution is 2.38. The molecule has 0 aromatic carbocycles. The zero-order valence-electron chi connectivity index (χ0n) is 12.1. The summed E-state index contributed by atoms with van der Waals surface area (Å²) in [6.45, 7) is 4.49. The van der Waals surface area contributed by atoms with Crippen LogP contribution in [0.5, 0.6) is 0 Å². The minimum atomic E-state index is -0.722. The summed E-state index contributed by atoms with van der Waals surface area (Å²) < 4.78 is 0. The van der Waals surface area contributed by atoms with Gasteiger partial charge in [-0.25, -0.2) is 0 Å². The van der Waals surface area contributed by atoms with E-state index < -0.39 is 18.1 Å². The van der Waals surface area contributed by atoms with Gasteiger partial charge in [-0.2, -0.15) is 0 Å². The average molecular weight is 269 g/mol. The zero-order valence-corrected chi connectivity index (χ0v) is 12.1. The smallest absolute Gasteiger partial charge is 0.320 e. The van der Waals surface area contributed by atoms with E-state index in [1.165, 1.54) is 19.3 Å². The number of carbonyl (C=O) groups is 1. The Hall–Kier alpha value is -0.610. The van der Waals surface area contributed by atoms with Gasteiger partial charge in [-0.05, 0) is 37.5 Å². The first-order valence-corrected chi connectivity index (χ1v) is 7.67. The molecule has 2 N–H and O–H groups in total. The number of fused-ring (bicyclic) bond motifs is 1. The number of rotatable bonds is 4. The summed E-state index contributed by atoms with van der Waals surface area (Å²) in [5.74, 6) is 0.0992. The predicted molar refractivity (Wildman–Crippen MR) is 74.0 cm³/mol. The molecule has 2 rings (SSSR count). The predicted octanol–water partition coefficient (Wildman–Crippen LogP) is 2.11. The highest BCUT2D eigenvalue weighted by Gasteiger charge is 2.41. The molecular weight excluding hydrogens is 242 g/mol. The average Bonchev–Trinajstić information content (AvgIpc) is 2.38. The minimum absolute atomic E-state index is 0.179. The Labute approximate surface area is 115 Å². The highest BCUT2D eigenvalue weighted by molar-refractivity contribution is 5.73. The van der Waals surface area contributed by atoms with Crippen molar-refractivity contribution in [1.82, 2.24) is 4.90 Å². The number of hydrogen-bond donors (Lipinski definition) is 2. The second-order valence-corrected chi connectivity index (χ2v) is 6.55. The van der Waals surface area contributed by atoms with Crippen LogP contribution in [0, 0.1) is 11.8 Å². The highest BCUT2D eigenvalue weighted by atomic mass is 16.4. The van der Waals surface area contributed by atoms with Crippen molar-refractivity contribution in [1.29, 1.82) is 0 Å². The van der Waals surface area contributed by atoms with E-state index in [9.17, 15) is 15.0 Å². The Morgan fingerprint density at radius 2 is 1.89 bits per heavy atom. The first kappa shape index (κ1) is 14.8. The van der Waals surface area contributed by atoms with Crippen LogP contribution in [0.3, 0.4) is 0 Å². The monoisotopic (exact) mass is 269 g/mol. The van der Waals surface area contributed by atoms with Crippen LogP contribution in [-0.2, 0) is 4.79 Å². The fourth-order valence-corrected chi connectivity index (χ4v) is 3.69. The number of piperidine rings is 1. The van der Waals surface area contributed by atoms with E-state index in [-0.39, 0.29) is 5.92 Å². The fourth-order valence-electron chi connectivity index (χ4n) is 3.69. The Morgan fingerprint density at radius 1 is 1.21 bits per heavy atom. The third kappa shape index (κ3) is 3.29. The van der Waals surface area contributed by atoms with E-state index in [2.05, 4.69) is 4.90 Å². The number of aliphatic hydroxyl groups excluding tert-OH is 1. The molecule has 4 atom stereocenters. The molecule has 110 valence electrons. The largest absolute Gasteiger partial charge is 0.480 e. The molecule has 2 aliphatic rings. The van der Waals surface area contributed by atoms with Crippen LogP contribution in [-0.4, -0.2) is 45.8 Å². The lowest BCUT2D eigenvalue weighted by atomic mass is 9.76. The van der Waals surface area contributed by atoms with Gasteiger partial charge in [0, 0.05) is 12.6 Å². The van der Waals surface area contributed by atoms with Gasteiger partial charge in [-0.3, -0.25) is 9.69 Å². The standard InChI is InChI=1S/C15H27NO3/c1-10(2)14(17)9-16-12-6-4-3-5-11(12)7-8-13(16)15(18)19/h10-14,17H,3-9H2,1-2H3,(H,18,19). The minimum Gasteiger partial charge on any atom is -0.480 e. The summed E-state index contributed by atoms with van der Waals surface area (Å²) in [5, 5.41) is 19.6. The molecule has 4 unspecified atom stereocenters. The van der Waals surface area contributed by atoms with Crippen molar-refractivity contribution in [3.05, 3.63) is 0 Å². The van der Waals surface area contributed by atoms with Crippen LogP contribution < -0.4 is 0 Å². The van der Waals surface area contributed by atoms with Crippen LogP contribution >= 0.6 is 0 Å². The van der Waals surface area contributed by atoms with Gasteiger partial charge in [-0.1, -0.05) is 26.7 Å². The van der Waals surface area contributed by atoms with Crippen molar-refractivity contribution in [3.63, 3.8) is 0 Å². The van der Waals surface area contributed by atoms with Crippen LogP contribution in [0.15, 0.2) is 0 Å². The van der Waals surface area contributed by atoms with Crippen molar-refractivity contribution in [2.45, 2.75) is 70.6 Å². The second kappa shape index (κ2) is 6.23. The molecule has 1 saturated heterocycles. The number of likely N-dealkylation sites (tertiary alicyclic amines) is 1. The molecule has 1 heterocycles. The Kier molecular flexibility index (Phi) is 4.85. The summed E-state index contributed by atoms with van der Waals surface area (Å²) in [6.07, 6.45) is 6.14. The number of aliphatic carboxylic acids is 1. The van der Waals surface area contributed by atoms with Gasteiger partial charge in [0.2, 0.25) is 0 Å². The summed E-state index contributed by atoms with van der Waals surface area (Å²) in [5.41, 5.74) is 0. The SMILES string of the molecule is CC(C)C(O)CN1C(C(=O)O)CCC2CCCCC21. The third-order valence-corrected chi connectivity index (χ3v) is 4.96. The lowest BCUT2D eigenvalue weighted by Crippen LogP contribution is -2.57. The Balaban J connectivity index is 2.12. The van der Waals surface area contributed by atoms with Gasteiger partial charge in [-0.15, -0.1) is 0 Å². The molecule has 4 nitrogen and oxygen atoms in total. The molecule has 1 aliphatic carbocycles. The molecule has 0 spiro atoms. The molecule has 1 aliphatic heterocycles. The number of aliphatic hydroxyl groups is 1. The van der Waals surface area contributed by atoms with E-state index in [4.69, 9.17) is 0 Å². The quantitative estimate of drug-likeness (QED) is 0.820. The summed E-state index contributed by atoms with van der Waals surface area (Å²) in [7, 11) is 0. The maximum absolute atomic E-state index is 11.5. The van der Waals surface area contributed by atoms with Crippen molar-refractivity contribution in [2.75, 3.05) is 6.54 Å². The zero-order chi connectivity index (χ0) is 14.0. The molecular formula is C15H27NO3. The first-order valence-electron chi connectivity index (χ1n) is 7.67. The third-order valence-electron chi connectivity index (χ3n) is 4.96. The van der Waals surface area contributed by atoms with Gasteiger partial charge in [0.25, 0.3) is 0 Å².